The smallest absolute Gasteiger partial charge is 0.224 e. The molecule has 2 aromatic rings. The van der Waals surface area contributed by atoms with Crippen molar-refractivity contribution in [2.24, 2.45) is 0 Å². The van der Waals surface area contributed by atoms with Crippen LogP contribution >= 0.6 is 23.1 Å². The van der Waals surface area contributed by atoms with Gasteiger partial charge in [0.1, 0.15) is 9.86 Å². The average Bonchev–Trinajstić information content (AvgIpc) is 2.75. The van der Waals surface area contributed by atoms with Crippen molar-refractivity contribution in [2.45, 2.75) is 18.1 Å². The maximum atomic E-state index is 9.40. The van der Waals surface area contributed by atoms with Gasteiger partial charge < -0.3 is 15.5 Å². The average molecular weight is 285 g/mol. The van der Waals surface area contributed by atoms with Gasteiger partial charge in [0.2, 0.25) is 5.95 Å². The van der Waals surface area contributed by atoms with Crippen molar-refractivity contribution < 1.29 is 10.2 Å². The molecule has 0 aromatic carbocycles. The summed E-state index contributed by atoms with van der Waals surface area (Å²) in [4.78, 5) is 10.9. The molecule has 1 unspecified atom stereocenters. The first-order chi connectivity index (χ1) is 8.63. The van der Waals surface area contributed by atoms with Crippen LogP contribution in [0.4, 0.5) is 5.95 Å². The van der Waals surface area contributed by atoms with E-state index in [9.17, 15) is 5.11 Å². The fourth-order valence-corrected chi connectivity index (χ4v) is 3.33. The van der Waals surface area contributed by atoms with E-state index >= 15 is 0 Å². The number of rotatable bonds is 5. The van der Waals surface area contributed by atoms with Crippen molar-refractivity contribution in [3.05, 3.63) is 10.9 Å². The van der Waals surface area contributed by atoms with Crippen molar-refractivity contribution in [1.29, 1.82) is 0 Å². The van der Waals surface area contributed by atoms with Crippen LogP contribution in [0.15, 0.2) is 11.1 Å². The Morgan fingerprint density at radius 1 is 1.50 bits per heavy atom. The molecule has 0 bridgehead atoms. The molecule has 0 spiro atoms. The molecule has 2 heterocycles. The Morgan fingerprint density at radius 3 is 2.94 bits per heavy atom. The molecule has 0 amide bonds. The predicted molar refractivity (Wildman–Crippen MR) is 75.5 cm³/mol. The molecule has 1 atom stereocenters. The van der Waals surface area contributed by atoms with Gasteiger partial charge in [-0.1, -0.05) is 0 Å². The number of hydrogen-bond donors (Lipinski definition) is 3. The molecular weight excluding hydrogens is 270 g/mol. The van der Waals surface area contributed by atoms with Gasteiger partial charge in [-0.3, -0.25) is 0 Å². The molecule has 0 fully saturated rings. The largest absolute Gasteiger partial charge is 0.394 e. The number of aliphatic hydroxyl groups excluding tert-OH is 2. The number of nitrogens with one attached hydrogen (secondary N) is 1. The Bertz CT molecular complexity index is 544. The fraction of sp³-hybridized carbons (Fsp3) is 0.455. The molecule has 5 nitrogen and oxygen atoms in total. The minimum absolute atomic E-state index is 0.233. The summed E-state index contributed by atoms with van der Waals surface area (Å²) in [5.74, 6) is 0.992. The Labute approximate surface area is 113 Å². The zero-order valence-corrected chi connectivity index (χ0v) is 11.8. The summed E-state index contributed by atoms with van der Waals surface area (Å²) >= 11 is 3.05. The van der Waals surface area contributed by atoms with Crippen LogP contribution in [0.2, 0.25) is 0 Å². The molecule has 0 saturated heterocycles. The first kappa shape index (κ1) is 13.5. The van der Waals surface area contributed by atoms with Crippen LogP contribution in [0.5, 0.6) is 0 Å². The number of fused-ring (bicyclic) bond motifs is 1. The van der Waals surface area contributed by atoms with Crippen molar-refractivity contribution in [1.82, 2.24) is 9.97 Å². The van der Waals surface area contributed by atoms with Crippen LogP contribution in [-0.4, -0.2) is 45.7 Å². The van der Waals surface area contributed by atoms with E-state index in [-0.39, 0.29) is 6.61 Å². The van der Waals surface area contributed by atoms with Crippen molar-refractivity contribution in [3.63, 3.8) is 0 Å². The maximum Gasteiger partial charge on any atom is 0.224 e. The predicted octanol–water partition coefficient (Wildman–Crippen LogP) is 1.49. The molecule has 0 aliphatic rings. The zero-order valence-electron chi connectivity index (χ0n) is 10.2. The highest BCUT2D eigenvalue weighted by molar-refractivity contribution is 7.99. The number of hydrogen-bond acceptors (Lipinski definition) is 7. The van der Waals surface area contributed by atoms with Crippen LogP contribution in [0, 0.1) is 6.92 Å². The third-order valence-corrected chi connectivity index (χ3v) is 4.41. The summed E-state index contributed by atoms with van der Waals surface area (Å²) in [6.07, 6.45) is -0.724. The highest BCUT2D eigenvalue weighted by atomic mass is 32.2. The summed E-state index contributed by atoms with van der Waals surface area (Å²) in [5.41, 5.74) is 0. The van der Waals surface area contributed by atoms with Crippen molar-refractivity contribution >= 4 is 39.3 Å². The molecule has 7 heteroatoms. The molecule has 2 aromatic heterocycles. The van der Waals surface area contributed by atoms with E-state index in [4.69, 9.17) is 5.11 Å². The standard InChI is InChI=1S/C11H15N3O2S2/c1-6-3-8-9(17-5-7(16)4-15)13-11(12-2)14-10(8)18-6/h3,7,15-16H,4-5H2,1-2H3,(H,12,13,14). The number of anilines is 1. The summed E-state index contributed by atoms with van der Waals surface area (Å²) < 4.78 is 0. The van der Waals surface area contributed by atoms with E-state index in [1.54, 1.807) is 18.4 Å². The monoisotopic (exact) mass is 285 g/mol. The highest BCUT2D eigenvalue weighted by Gasteiger charge is 2.12. The number of nitrogens with zero attached hydrogens (tertiary/aromatic N) is 2. The fourth-order valence-electron chi connectivity index (χ4n) is 1.47. The van der Waals surface area contributed by atoms with Gasteiger partial charge in [-0.25, -0.2) is 9.97 Å². The van der Waals surface area contributed by atoms with Gasteiger partial charge in [0, 0.05) is 23.1 Å². The number of aromatic nitrogens is 2. The maximum absolute atomic E-state index is 9.40. The first-order valence-electron chi connectivity index (χ1n) is 5.51. The van der Waals surface area contributed by atoms with Gasteiger partial charge >= 0.3 is 0 Å². The lowest BCUT2D eigenvalue weighted by Gasteiger charge is -2.08. The van der Waals surface area contributed by atoms with E-state index in [1.165, 1.54) is 16.6 Å². The molecule has 18 heavy (non-hydrogen) atoms. The van der Waals surface area contributed by atoms with E-state index < -0.39 is 6.10 Å². The van der Waals surface area contributed by atoms with E-state index in [0.717, 1.165) is 15.2 Å². The second kappa shape index (κ2) is 5.83. The summed E-state index contributed by atoms with van der Waals surface area (Å²) in [7, 11) is 1.78. The van der Waals surface area contributed by atoms with Crippen LogP contribution in [-0.2, 0) is 0 Å². The zero-order chi connectivity index (χ0) is 13.1. The van der Waals surface area contributed by atoms with E-state index in [0.29, 0.717) is 11.7 Å². The van der Waals surface area contributed by atoms with Gasteiger partial charge in [-0.05, 0) is 13.0 Å². The lowest BCUT2D eigenvalue weighted by Crippen LogP contribution is -2.14. The Morgan fingerprint density at radius 2 is 2.28 bits per heavy atom. The number of thiophene rings is 1. The van der Waals surface area contributed by atoms with Gasteiger partial charge in [0.25, 0.3) is 0 Å². The van der Waals surface area contributed by atoms with Crippen LogP contribution in [0.25, 0.3) is 10.2 Å². The molecule has 3 N–H and O–H groups in total. The van der Waals surface area contributed by atoms with Crippen LogP contribution < -0.4 is 5.32 Å². The van der Waals surface area contributed by atoms with Gasteiger partial charge in [0.05, 0.1) is 12.7 Å². The Hall–Kier alpha value is -0.890. The molecule has 0 aliphatic heterocycles. The molecular formula is C11H15N3O2S2. The third-order valence-electron chi connectivity index (χ3n) is 2.33. The second-order valence-electron chi connectivity index (χ2n) is 3.83. The molecule has 0 saturated carbocycles. The minimum Gasteiger partial charge on any atom is -0.394 e. The number of aliphatic hydroxyl groups is 2. The van der Waals surface area contributed by atoms with Gasteiger partial charge in [0.15, 0.2) is 0 Å². The van der Waals surface area contributed by atoms with Crippen molar-refractivity contribution in [2.75, 3.05) is 24.7 Å². The van der Waals surface area contributed by atoms with Gasteiger partial charge in [-0.2, -0.15) is 0 Å². The summed E-state index contributed by atoms with van der Waals surface area (Å²) in [5, 5.41) is 23.0. The van der Waals surface area contributed by atoms with E-state index in [1.807, 2.05) is 13.0 Å². The minimum atomic E-state index is -0.724. The van der Waals surface area contributed by atoms with Crippen molar-refractivity contribution in [3.8, 4) is 0 Å². The van der Waals surface area contributed by atoms with Crippen LogP contribution in [0.3, 0.4) is 0 Å². The second-order valence-corrected chi connectivity index (χ2v) is 6.07. The molecule has 0 radical (unpaired) electrons. The third kappa shape index (κ3) is 2.92. The lowest BCUT2D eigenvalue weighted by atomic mass is 10.4. The number of aryl methyl sites for hydroxylation is 1. The summed E-state index contributed by atoms with van der Waals surface area (Å²) in [6.45, 7) is 1.80. The first-order valence-corrected chi connectivity index (χ1v) is 7.32. The molecule has 0 aliphatic carbocycles. The van der Waals surface area contributed by atoms with Crippen LogP contribution in [0.1, 0.15) is 4.88 Å². The van der Waals surface area contributed by atoms with E-state index in [2.05, 4.69) is 15.3 Å². The normalized spacial score (nSPS) is 12.9. The lowest BCUT2D eigenvalue weighted by molar-refractivity contribution is 0.113. The number of thioether (sulfide) groups is 1. The molecule has 98 valence electrons. The Kier molecular flexibility index (Phi) is 4.39. The quantitative estimate of drug-likeness (QED) is 0.570. The highest BCUT2D eigenvalue weighted by Crippen LogP contribution is 2.32. The molecule has 2 rings (SSSR count). The van der Waals surface area contributed by atoms with Gasteiger partial charge in [-0.15, -0.1) is 23.1 Å². The summed E-state index contributed by atoms with van der Waals surface area (Å²) in [6, 6.07) is 2.05. The SMILES string of the molecule is CNc1nc(SCC(O)CO)c2cc(C)sc2n1. The Balaban J connectivity index is 2.34. The topological polar surface area (TPSA) is 78.3 Å².